The second-order valence-electron chi connectivity index (χ2n) is 32.9. The first kappa shape index (κ1) is 61.0. The molecule has 21 rings (SSSR count). The van der Waals surface area contributed by atoms with Gasteiger partial charge in [0.2, 0.25) is 0 Å². The number of hydrogen-bond acceptors (Lipinski definition) is 4. The van der Waals surface area contributed by atoms with Crippen molar-refractivity contribution in [2.75, 3.05) is 9.80 Å². The van der Waals surface area contributed by atoms with Crippen molar-refractivity contribution in [3.05, 3.63) is 326 Å². The van der Waals surface area contributed by atoms with E-state index in [9.17, 15) is 4.11 Å². The van der Waals surface area contributed by atoms with E-state index in [4.69, 9.17) is 4.42 Å². The van der Waals surface area contributed by atoms with Crippen LogP contribution in [0.25, 0.3) is 147 Å². The van der Waals surface area contributed by atoms with Gasteiger partial charge < -0.3 is 18.8 Å². The first-order chi connectivity index (χ1) is 53.7. The van der Waals surface area contributed by atoms with Crippen molar-refractivity contribution >= 4 is 154 Å². The number of hydrogen-bond donors (Lipinski definition) is 0. The number of nitrogens with zero attached hydrogens (tertiary/aromatic N) is 3. The maximum Gasteiger partial charge on any atom is 0.264 e. The molecule has 0 N–H and O–H groups in total. The van der Waals surface area contributed by atoms with Crippen LogP contribution in [0.4, 0.5) is 34.1 Å². The Labute approximate surface area is 638 Å². The summed E-state index contributed by atoms with van der Waals surface area (Å²) in [6, 6.07) is 107. The molecular formula is C102H78BN3OS. The number of aromatic nitrogens is 1. The monoisotopic (exact) mass is 1410 g/mol. The van der Waals surface area contributed by atoms with Gasteiger partial charge in [0.15, 0.2) is 0 Å². The number of para-hydroxylation sites is 2. The Morgan fingerprint density at radius 1 is 0.352 bits per heavy atom. The lowest BCUT2D eigenvalue weighted by Crippen LogP contribution is -2.60. The van der Waals surface area contributed by atoms with Crippen LogP contribution < -0.4 is 25.5 Å². The smallest absolute Gasteiger partial charge is 0.264 e. The summed E-state index contributed by atoms with van der Waals surface area (Å²) >= 11 is 1.80. The molecule has 0 bridgehead atoms. The molecule has 0 fully saturated rings. The highest BCUT2D eigenvalue weighted by atomic mass is 32.1. The zero-order valence-electron chi connectivity index (χ0n) is 64.9. The highest BCUT2D eigenvalue weighted by molar-refractivity contribution is 7.33. The Morgan fingerprint density at radius 3 is 1.47 bits per heavy atom. The highest BCUT2D eigenvalue weighted by Crippen LogP contribution is 2.58. The molecule has 0 atom stereocenters. The van der Waals surface area contributed by atoms with Crippen LogP contribution >= 0.6 is 11.3 Å². The number of fused-ring (bicyclic) bond motifs is 13. The summed E-state index contributed by atoms with van der Waals surface area (Å²) in [5.74, 6) is 0. The van der Waals surface area contributed by atoms with E-state index in [1.165, 1.54) is 16.5 Å². The van der Waals surface area contributed by atoms with Crippen LogP contribution in [0, 0.1) is 0 Å². The molecule has 6 heteroatoms. The van der Waals surface area contributed by atoms with Gasteiger partial charge in [0.1, 0.15) is 11.2 Å². The third-order valence-electron chi connectivity index (χ3n) is 23.2. The molecule has 19 aromatic rings. The number of anilines is 6. The molecule has 2 aliphatic heterocycles. The molecule has 0 spiro atoms. The fourth-order valence-electron chi connectivity index (χ4n) is 17.8. The summed E-state index contributed by atoms with van der Waals surface area (Å²) in [5, 5.41) is 11.9. The molecule has 0 aliphatic carbocycles. The molecule has 516 valence electrons. The largest absolute Gasteiger partial charge is 0.456 e. The van der Waals surface area contributed by atoms with E-state index in [1.807, 2.05) is 6.07 Å². The zero-order valence-corrected chi connectivity index (χ0v) is 62.8. The maximum absolute atomic E-state index is 12.1. The Kier molecular flexibility index (Phi) is 13.4. The van der Waals surface area contributed by atoms with Crippen LogP contribution in [0.15, 0.2) is 314 Å². The van der Waals surface area contributed by atoms with Crippen molar-refractivity contribution in [2.45, 2.75) is 78.6 Å². The van der Waals surface area contributed by atoms with Gasteiger partial charge in [-0.15, -0.1) is 11.3 Å². The van der Waals surface area contributed by atoms with Crippen molar-refractivity contribution in [3.63, 3.8) is 0 Å². The normalized spacial score (nSPS) is 13.6. The lowest BCUT2D eigenvalue weighted by molar-refractivity contribution is 0.590. The molecule has 0 saturated carbocycles. The van der Waals surface area contributed by atoms with Gasteiger partial charge in [-0.3, -0.25) is 0 Å². The summed E-state index contributed by atoms with van der Waals surface area (Å²) in [7, 11) is 0. The second kappa shape index (κ2) is 23.6. The van der Waals surface area contributed by atoms with Crippen molar-refractivity contribution in [2.24, 2.45) is 0 Å². The third-order valence-corrected chi connectivity index (χ3v) is 24.4. The average molecular weight is 1410 g/mol. The molecule has 5 heterocycles. The minimum Gasteiger partial charge on any atom is -0.456 e. The molecule has 0 saturated heterocycles. The summed E-state index contributed by atoms with van der Waals surface area (Å²) in [6.45, 7) is 20.0. The van der Waals surface area contributed by atoms with Crippen LogP contribution in [0.1, 0.15) is 83.1 Å². The predicted octanol–water partition coefficient (Wildman–Crippen LogP) is 27.1. The molecule has 16 aromatic carbocycles. The average Bonchev–Trinajstić information content (AvgIpc) is 1.67. The predicted molar refractivity (Wildman–Crippen MR) is 464 cm³/mol. The highest BCUT2D eigenvalue weighted by Gasteiger charge is 2.48. The van der Waals surface area contributed by atoms with E-state index < -0.39 is 6.71 Å². The third kappa shape index (κ3) is 9.82. The fourth-order valence-corrected chi connectivity index (χ4v) is 19.2. The van der Waals surface area contributed by atoms with Crippen molar-refractivity contribution in [3.8, 4) is 61.3 Å². The van der Waals surface area contributed by atoms with Crippen LogP contribution in [-0.4, -0.2) is 11.3 Å². The van der Waals surface area contributed by atoms with E-state index in [1.54, 1.807) is 11.3 Å². The first-order valence-electron chi connectivity index (χ1n) is 39.3. The van der Waals surface area contributed by atoms with Crippen LogP contribution in [-0.2, 0) is 16.2 Å². The number of rotatable bonds is 8. The van der Waals surface area contributed by atoms with E-state index in [0.717, 1.165) is 181 Å². The van der Waals surface area contributed by atoms with Gasteiger partial charge in [0.05, 0.1) is 32.2 Å². The molecule has 4 nitrogen and oxygen atoms in total. The summed E-state index contributed by atoms with van der Waals surface area (Å²) in [5.41, 5.74) is 23.6. The lowest BCUT2D eigenvalue weighted by Gasteiger charge is -2.45. The van der Waals surface area contributed by atoms with Crippen molar-refractivity contribution in [1.29, 1.82) is 0 Å². The minimum atomic E-state index is -0.688. The van der Waals surface area contributed by atoms with Gasteiger partial charge in [-0.1, -0.05) is 287 Å². The van der Waals surface area contributed by atoms with Gasteiger partial charge in [-0.05, 0) is 189 Å². The molecule has 0 radical (unpaired) electrons. The van der Waals surface area contributed by atoms with Gasteiger partial charge in [-0.2, -0.15) is 0 Å². The van der Waals surface area contributed by atoms with E-state index in [0.29, 0.717) is 16.8 Å². The van der Waals surface area contributed by atoms with E-state index in [-0.39, 0.29) is 34.4 Å². The van der Waals surface area contributed by atoms with Crippen molar-refractivity contribution in [1.82, 2.24) is 4.57 Å². The Balaban J connectivity index is 0.995. The van der Waals surface area contributed by atoms with Gasteiger partial charge in [0, 0.05) is 86.8 Å². The van der Waals surface area contributed by atoms with Crippen molar-refractivity contribution < 1.29 is 8.53 Å². The molecule has 108 heavy (non-hydrogen) atoms. The number of benzene rings is 16. The van der Waals surface area contributed by atoms with Crippen LogP contribution in [0.3, 0.4) is 0 Å². The quantitative estimate of drug-likeness (QED) is 0.112. The minimum absolute atomic E-state index is 0.0143. The molecule has 0 amide bonds. The maximum atomic E-state index is 12.1. The van der Waals surface area contributed by atoms with E-state index in [2.05, 4.69) is 362 Å². The topological polar surface area (TPSA) is 24.6 Å². The Morgan fingerprint density at radius 2 is 0.870 bits per heavy atom. The number of furan rings is 1. The second-order valence-corrected chi connectivity index (χ2v) is 34.0. The first-order valence-corrected chi connectivity index (χ1v) is 38.6. The van der Waals surface area contributed by atoms with Gasteiger partial charge in [-0.25, -0.2) is 0 Å². The Bertz CT molecular complexity index is 6980. The van der Waals surface area contributed by atoms with Gasteiger partial charge in [0.25, 0.3) is 6.71 Å². The molecule has 3 aromatic heterocycles. The number of thiophene rings is 1. The van der Waals surface area contributed by atoms with Crippen LogP contribution in [0.5, 0.6) is 0 Å². The SMILES string of the molecule is [2H]c1c([2H])c(-n2c3ccccc3c3cc4ccc5cccc6ccc(c4c56)c32)c([2H])c2c1B1c3sc4cc(C(C)(C)C)ccc4c3N(c3c(-c4ccccc4)cc(C(C)(C)C)cc3-c3ccccc3)c3cc(-c4ccc5oc6ccccc6c5c4)cc(c31)N2c1c(-c2ccccc2)cc(C(C)(C)C)cc1-c1ccccc1. The molecular weight excluding hydrogens is 1330 g/mol. The summed E-state index contributed by atoms with van der Waals surface area (Å²) in [4.78, 5) is 5.06. The summed E-state index contributed by atoms with van der Waals surface area (Å²) in [6.07, 6.45) is 0. The van der Waals surface area contributed by atoms with E-state index >= 15 is 0 Å². The van der Waals surface area contributed by atoms with Crippen LogP contribution in [0.2, 0.25) is 0 Å². The molecule has 2 aliphatic rings. The lowest BCUT2D eigenvalue weighted by atomic mass is 9.36. The Hall–Kier alpha value is -12.2. The fraction of sp³-hybridized carbons (Fsp3) is 0.118. The summed E-state index contributed by atoms with van der Waals surface area (Å²) < 4.78 is 46.2. The zero-order chi connectivity index (χ0) is 75.4. The molecule has 0 unspecified atom stereocenters. The van der Waals surface area contributed by atoms with Gasteiger partial charge >= 0.3 is 0 Å². The standard InChI is InChI=1S/C102H78BN3OS/c1-100(2,3)70-45-48-76-91(59-70)108-99-98(76)106(97-80(63-31-18-12-19-32-63)57-72(102(7,8)9)58-81(97)64-33-20-13-21-34-64)88-54-69(67-44-50-90-82(51-67)75-38-23-25-40-89(75)107-90)53-87-94(88)103(99)84-49-46-73(104-85-39-24-22-37-74(85)83-52-68-42-41-65-35-26-36-66-43-47-77(95(83)104)93(68)92(65)66)60-86(84)105(87)96-78(61-27-14-10-15-28-61)55-71(101(4,5)6)56-79(96)62-29-16-11-17-30-62/h10-60H,1-9H3/i46D,49D,60D.